The van der Waals surface area contributed by atoms with Crippen LogP contribution in [-0.2, 0) is 9.59 Å². The molecule has 2 aromatic rings. The first-order valence-corrected chi connectivity index (χ1v) is 9.44. The molecule has 1 aliphatic heterocycles. The minimum absolute atomic E-state index is 0.127. The first kappa shape index (κ1) is 20.4. The molecule has 3 rings (SSSR count). The quantitative estimate of drug-likeness (QED) is 0.828. The van der Waals surface area contributed by atoms with E-state index in [-0.39, 0.29) is 23.9 Å². The van der Waals surface area contributed by atoms with Crippen LogP contribution in [0, 0.1) is 18.7 Å². The van der Waals surface area contributed by atoms with Crippen LogP contribution >= 0.6 is 0 Å². The summed E-state index contributed by atoms with van der Waals surface area (Å²) in [6, 6.07) is 9.21. The SMILES string of the molecule is CC(=O)Nc1ccc(F)c(C(=O)N2CCCC(C(=O)Nc3cccc(C)n3)C2)c1. The van der Waals surface area contributed by atoms with Gasteiger partial charge in [0.1, 0.15) is 11.6 Å². The van der Waals surface area contributed by atoms with Crippen LogP contribution in [-0.4, -0.2) is 40.7 Å². The molecular formula is C21H23FN4O3. The zero-order valence-corrected chi connectivity index (χ0v) is 16.4. The number of halogens is 1. The lowest BCUT2D eigenvalue weighted by atomic mass is 9.96. The first-order valence-electron chi connectivity index (χ1n) is 9.44. The average Bonchev–Trinajstić information content (AvgIpc) is 2.68. The van der Waals surface area contributed by atoms with E-state index in [0.29, 0.717) is 30.9 Å². The summed E-state index contributed by atoms with van der Waals surface area (Å²) in [6.07, 6.45) is 1.27. The molecule has 1 atom stereocenters. The largest absolute Gasteiger partial charge is 0.338 e. The van der Waals surface area contributed by atoms with Crippen LogP contribution in [0.3, 0.4) is 0 Å². The normalized spacial score (nSPS) is 16.2. The average molecular weight is 398 g/mol. The summed E-state index contributed by atoms with van der Waals surface area (Å²) in [5, 5.41) is 5.33. The van der Waals surface area contributed by atoms with Crippen molar-refractivity contribution >= 4 is 29.2 Å². The Morgan fingerprint density at radius 1 is 1.17 bits per heavy atom. The number of hydrogen-bond donors (Lipinski definition) is 2. The van der Waals surface area contributed by atoms with Crippen molar-refractivity contribution in [2.75, 3.05) is 23.7 Å². The Hall–Kier alpha value is -3.29. The summed E-state index contributed by atoms with van der Waals surface area (Å²) in [7, 11) is 0. The van der Waals surface area contributed by atoms with E-state index >= 15 is 0 Å². The lowest BCUT2D eigenvalue weighted by Crippen LogP contribution is -2.44. The van der Waals surface area contributed by atoms with Crippen LogP contribution in [0.2, 0.25) is 0 Å². The van der Waals surface area contributed by atoms with Gasteiger partial charge in [0.25, 0.3) is 5.91 Å². The molecule has 0 spiro atoms. The number of rotatable bonds is 4. The summed E-state index contributed by atoms with van der Waals surface area (Å²) < 4.78 is 14.2. The van der Waals surface area contributed by atoms with E-state index in [1.54, 1.807) is 12.1 Å². The van der Waals surface area contributed by atoms with E-state index in [9.17, 15) is 18.8 Å². The Morgan fingerprint density at radius 2 is 1.97 bits per heavy atom. The molecule has 2 heterocycles. The second-order valence-corrected chi connectivity index (χ2v) is 7.12. The number of carbonyl (C=O) groups is 3. The minimum atomic E-state index is -0.667. The Labute approximate surface area is 168 Å². The number of hydrogen-bond acceptors (Lipinski definition) is 4. The molecule has 3 amide bonds. The van der Waals surface area contributed by atoms with Gasteiger partial charge in [-0.15, -0.1) is 0 Å². The third kappa shape index (κ3) is 5.16. The molecule has 7 nitrogen and oxygen atoms in total. The zero-order chi connectivity index (χ0) is 21.0. The molecule has 0 saturated carbocycles. The Bertz CT molecular complexity index is 947. The second kappa shape index (κ2) is 8.81. The van der Waals surface area contributed by atoms with Crippen molar-refractivity contribution in [3.63, 3.8) is 0 Å². The van der Waals surface area contributed by atoms with E-state index in [4.69, 9.17) is 0 Å². The van der Waals surface area contributed by atoms with Crippen LogP contribution < -0.4 is 10.6 Å². The van der Waals surface area contributed by atoms with Crippen molar-refractivity contribution in [2.45, 2.75) is 26.7 Å². The van der Waals surface area contributed by atoms with Gasteiger partial charge in [-0.2, -0.15) is 0 Å². The molecule has 1 saturated heterocycles. The van der Waals surface area contributed by atoms with E-state index < -0.39 is 17.6 Å². The highest BCUT2D eigenvalue weighted by Gasteiger charge is 2.30. The highest BCUT2D eigenvalue weighted by molar-refractivity contribution is 5.98. The topological polar surface area (TPSA) is 91.4 Å². The van der Waals surface area contributed by atoms with Crippen molar-refractivity contribution in [1.29, 1.82) is 0 Å². The van der Waals surface area contributed by atoms with Gasteiger partial charge in [-0.3, -0.25) is 14.4 Å². The van der Waals surface area contributed by atoms with Crippen molar-refractivity contribution < 1.29 is 18.8 Å². The van der Waals surface area contributed by atoms with Crippen LogP contribution in [0.5, 0.6) is 0 Å². The number of anilines is 2. The molecule has 1 aliphatic rings. The molecule has 0 radical (unpaired) electrons. The maximum atomic E-state index is 14.2. The van der Waals surface area contributed by atoms with Gasteiger partial charge in [0.2, 0.25) is 11.8 Å². The third-order valence-corrected chi connectivity index (χ3v) is 4.74. The van der Waals surface area contributed by atoms with Gasteiger partial charge >= 0.3 is 0 Å². The fourth-order valence-corrected chi connectivity index (χ4v) is 3.36. The van der Waals surface area contributed by atoms with Gasteiger partial charge in [-0.05, 0) is 50.1 Å². The number of amides is 3. The Balaban J connectivity index is 1.71. The van der Waals surface area contributed by atoms with E-state index in [1.807, 2.05) is 13.0 Å². The third-order valence-electron chi connectivity index (χ3n) is 4.74. The number of aromatic nitrogens is 1. The van der Waals surface area contributed by atoms with Crippen molar-refractivity contribution in [1.82, 2.24) is 9.88 Å². The smallest absolute Gasteiger partial charge is 0.256 e. The number of piperidine rings is 1. The summed E-state index contributed by atoms with van der Waals surface area (Å²) in [4.78, 5) is 42.4. The summed E-state index contributed by atoms with van der Waals surface area (Å²) in [5.74, 6) is -1.63. The predicted octanol–water partition coefficient (Wildman–Crippen LogP) is 2.98. The van der Waals surface area contributed by atoms with Crippen LogP contribution in [0.4, 0.5) is 15.9 Å². The van der Waals surface area contributed by atoms with Gasteiger partial charge in [-0.25, -0.2) is 9.37 Å². The molecular weight excluding hydrogens is 375 g/mol. The molecule has 2 N–H and O–H groups in total. The van der Waals surface area contributed by atoms with Crippen LogP contribution in [0.25, 0.3) is 0 Å². The zero-order valence-electron chi connectivity index (χ0n) is 16.4. The summed E-state index contributed by atoms with van der Waals surface area (Å²) in [5.41, 5.74) is 1.01. The maximum Gasteiger partial charge on any atom is 0.256 e. The van der Waals surface area contributed by atoms with Gasteiger partial charge in [-0.1, -0.05) is 6.07 Å². The number of pyridine rings is 1. The van der Waals surface area contributed by atoms with Crippen molar-refractivity contribution in [3.8, 4) is 0 Å². The molecule has 1 aromatic heterocycles. The van der Waals surface area contributed by atoms with Crippen molar-refractivity contribution in [2.24, 2.45) is 5.92 Å². The Morgan fingerprint density at radius 3 is 2.69 bits per heavy atom. The number of nitrogens with zero attached hydrogens (tertiary/aromatic N) is 2. The molecule has 29 heavy (non-hydrogen) atoms. The van der Waals surface area contributed by atoms with E-state index in [0.717, 1.165) is 11.8 Å². The maximum absolute atomic E-state index is 14.2. The number of nitrogens with one attached hydrogen (secondary N) is 2. The number of likely N-dealkylation sites (tertiary alicyclic amines) is 1. The van der Waals surface area contributed by atoms with Gasteiger partial charge < -0.3 is 15.5 Å². The fraction of sp³-hybridized carbons (Fsp3) is 0.333. The minimum Gasteiger partial charge on any atom is -0.338 e. The lowest BCUT2D eigenvalue weighted by Gasteiger charge is -2.32. The Kier molecular flexibility index (Phi) is 6.21. The van der Waals surface area contributed by atoms with Crippen LogP contribution in [0.15, 0.2) is 36.4 Å². The lowest BCUT2D eigenvalue weighted by molar-refractivity contribution is -0.121. The summed E-state index contributed by atoms with van der Waals surface area (Å²) in [6.45, 7) is 3.80. The van der Waals surface area contributed by atoms with E-state index in [1.165, 1.54) is 24.0 Å². The monoisotopic (exact) mass is 398 g/mol. The molecule has 1 aromatic carbocycles. The number of benzene rings is 1. The van der Waals surface area contributed by atoms with Gasteiger partial charge in [0.15, 0.2) is 0 Å². The molecule has 152 valence electrons. The standard InChI is InChI=1S/C21H23FN4O3/c1-13-5-3-7-19(23-13)25-20(28)15-6-4-10-26(12-15)21(29)17-11-16(24-14(2)27)8-9-18(17)22/h3,5,7-9,11,15H,4,6,10,12H2,1-2H3,(H,24,27)(H,23,25,28). The molecule has 8 heteroatoms. The highest BCUT2D eigenvalue weighted by Crippen LogP contribution is 2.23. The molecule has 0 aliphatic carbocycles. The second-order valence-electron chi connectivity index (χ2n) is 7.12. The summed E-state index contributed by atoms with van der Waals surface area (Å²) >= 11 is 0. The molecule has 1 unspecified atom stereocenters. The number of carbonyl (C=O) groups excluding carboxylic acids is 3. The number of aryl methyl sites for hydroxylation is 1. The highest BCUT2D eigenvalue weighted by atomic mass is 19.1. The van der Waals surface area contributed by atoms with Crippen molar-refractivity contribution in [3.05, 3.63) is 53.5 Å². The van der Waals surface area contributed by atoms with Crippen LogP contribution in [0.1, 0.15) is 35.8 Å². The fourth-order valence-electron chi connectivity index (χ4n) is 3.36. The first-order chi connectivity index (χ1) is 13.8. The predicted molar refractivity (Wildman–Crippen MR) is 107 cm³/mol. The molecule has 1 fully saturated rings. The molecule has 0 bridgehead atoms. The van der Waals surface area contributed by atoms with E-state index in [2.05, 4.69) is 15.6 Å². The van der Waals surface area contributed by atoms with Gasteiger partial charge in [0, 0.05) is 31.4 Å². The van der Waals surface area contributed by atoms with Gasteiger partial charge in [0.05, 0.1) is 11.5 Å².